The van der Waals surface area contributed by atoms with Gasteiger partial charge in [-0.3, -0.25) is 4.98 Å². The Labute approximate surface area is 102 Å². The minimum absolute atomic E-state index is 0.833. The van der Waals surface area contributed by atoms with Gasteiger partial charge in [0.05, 0.1) is 10.6 Å². The summed E-state index contributed by atoms with van der Waals surface area (Å²) in [6.45, 7) is 1.86. The van der Waals surface area contributed by atoms with Crippen molar-refractivity contribution in [2.75, 3.05) is 0 Å². The van der Waals surface area contributed by atoms with E-state index in [1.165, 1.54) is 11.3 Å². The Morgan fingerprint density at radius 2 is 2.12 bits per heavy atom. The van der Waals surface area contributed by atoms with Gasteiger partial charge in [0.2, 0.25) is 0 Å². The van der Waals surface area contributed by atoms with Crippen molar-refractivity contribution in [3.8, 4) is 10.6 Å². The summed E-state index contributed by atoms with van der Waals surface area (Å²) in [7, 11) is 0. The molecule has 0 aliphatic heterocycles. The van der Waals surface area contributed by atoms with Crippen LogP contribution in [0.4, 0.5) is 0 Å². The predicted molar refractivity (Wildman–Crippen MR) is 66.8 cm³/mol. The fraction of sp³-hybridized carbons (Fsp3) is 0.0833. The molecule has 0 aromatic carbocycles. The molecule has 0 saturated heterocycles. The van der Waals surface area contributed by atoms with Crippen molar-refractivity contribution in [2.45, 2.75) is 6.92 Å². The van der Waals surface area contributed by atoms with Crippen LogP contribution in [0.2, 0.25) is 0 Å². The standard InChI is InChI=1S/C12H10N2O2S/c1-8-10(2-3-11(15)16)17-12(14-8)9-4-6-13-7-5-9/h2-7H,1H3,(H,15,16)/b3-2+. The van der Waals surface area contributed by atoms with Crippen LogP contribution in [0.15, 0.2) is 30.6 Å². The number of aliphatic carboxylic acids is 1. The van der Waals surface area contributed by atoms with Crippen LogP contribution in [0, 0.1) is 6.92 Å². The Bertz CT molecular complexity index is 561. The van der Waals surface area contributed by atoms with Crippen LogP contribution in [0.1, 0.15) is 10.6 Å². The van der Waals surface area contributed by atoms with Gasteiger partial charge in [-0.2, -0.15) is 0 Å². The molecule has 0 unspecified atom stereocenters. The number of aryl methyl sites for hydroxylation is 1. The van der Waals surface area contributed by atoms with Gasteiger partial charge in [0.1, 0.15) is 5.01 Å². The fourth-order valence-corrected chi connectivity index (χ4v) is 2.30. The van der Waals surface area contributed by atoms with Crippen LogP contribution in [0.25, 0.3) is 16.6 Å². The fourth-order valence-electron chi connectivity index (χ4n) is 1.33. The van der Waals surface area contributed by atoms with Crippen molar-refractivity contribution in [1.82, 2.24) is 9.97 Å². The third kappa shape index (κ3) is 2.76. The first kappa shape index (κ1) is 11.5. The van der Waals surface area contributed by atoms with E-state index >= 15 is 0 Å². The van der Waals surface area contributed by atoms with Gasteiger partial charge in [-0.05, 0) is 25.1 Å². The van der Waals surface area contributed by atoms with Gasteiger partial charge in [-0.15, -0.1) is 11.3 Å². The molecular formula is C12H10N2O2S. The minimum atomic E-state index is -0.955. The summed E-state index contributed by atoms with van der Waals surface area (Å²) in [6.07, 6.45) is 6.11. The molecular weight excluding hydrogens is 236 g/mol. The quantitative estimate of drug-likeness (QED) is 0.845. The Morgan fingerprint density at radius 3 is 2.76 bits per heavy atom. The molecule has 2 heterocycles. The summed E-state index contributed by atoms with van der Waals surface area (Å²) in [5.74, 6) is -0.955. The molecule has 0 spiro atoms. The van der Waals surface area contributed by atoms with Crippen LogP contribution in [-0.4, -0.2) is 21.0 Å². The second kappa shape index (κ2) is 4.88. The van der Waals surface area contributed by atoms with Crippen molar-refractivity contribution in [3.05, 3.63) is 41.2 Å². The molecule has 0 atom stereocenters. The zero-order valence-corrected chi connectivity index (χ0v) is 9.94. The zero-order chi connectivity index (χ0) is 12.3. The molecule has 1 N–H and O–H groups in total. The number of hydrogen-bond donors (Lipinski definition) is 1. The number of carboxylic acid groups (broad SMARTS) is 1. The van der Waals surface area contributed by atoms with Crippen LogP contribution >= 0.6 is 11.3 Å². The molecule has 0 saturated carbocycles. The number of pyridine rings is 1. The first-order valence-electron chi connectivity index (χ1n) is 4.95. The van der Waals surface area contributed by atoms with E-state index in [2.05, 4.69) is 9.97 Å². The second-order valence-corrected chi connectivity index (χ2v) is 4.41. The molecule has 0 radical (unpaired) electrons. The highest BCUT2D eigenvalue weighted by Gasteiger charge is 2.07. The van der Waals surface area contributed by atoms with Gasteiger partial charge in [0.25, 0.3) is 0 Å². The number of aromatic nitrogens is 2. The first-order valence-corrected chi connectivity index (χ1v) is 5.77. The lowest BCUT2D eigenvalue weighted by Gasteiger charge is -1.92. The normalized spacial score (nSPS) is 10.9. The van der Waals surface area contributed by atoms with E-state index in [4.69, 9.17) is 5.11 Å². The van der Waals surface area contributed by atoms with Gasteiger partial charge in [0, 0.05) is 24.0 Å². The van der Waals surface area contributed by atoms with Crippen LogP contribution in [-0.2, 0) is 4.79 Å². The highest BCUT2D eigenvalue weighted by Crippen LogP contribution is 2.28. The molecule has 86 valence electrons. The molecule has 17 heavy (non-hydrogen) atoms. The third-order valence-corrected chi connectivity index (χ3v) is 3.31. The number of nitrogens with zero attached hydrogens (tertiary/aromatic N) is 2. The van der Waals surface area contributed by atoms with E-state index in [1.807, 2.05) is 19.1 Å². The summed E-state index contributed by atoms with van der Waals surface area (Å²) in [5, 5.41) is 9.45. The Hall–Kier alpha value is -2.01. The SMILES string of the molecule is Cc1nc(-c2ccncc2)sc1/C=C/C(=O)O. The highest BCUT2D eigenvalue weighted by molar-refractivity contribution is 7.16. The average Bonchev–Trinajstić information content (AvgIpc) is 2.69. The van der Waals surface area contributed by atoms with Gasteiger partial charge in [-0.25, -0.2) is 9.78 Å². The molecule has 0 amide bonds. The maximum Gasteiger partial charge on any atom is 0.328 e. The van der Waals surface area contributed by atoms with E-state index < -0.39 is 5.97 Å². The summed E-state index contributed by atoms with van der Waals surface area (Å²) in [4.78, 5) is 19.7. The van der Waals surface area contributed by atoms with Crippen molar-refractivity contribution >= 4 is 23.4 Å². The van der Waals surface area contributed by atoms with Gasteiger partial charge in [-0.1, -0.05) is 0 Å². The number of thiazole rings is 1. The van der Waals surface area contributed by atoms with Crippen molar-refractivity contribution in [2.24, 2.45) is 0 Å². The Balaban J connectivity index is 2.34. The molecule has 5 heteroatoms. The van der Waals surface area contributed by atoms with E-state index in [1.54, 1.807) is 18.5 Å². The van der Waals surface area contributed by atoms with Gasteiger partial charge in [0.15, 0.2) is 0 Å². The summed E-state index contributed by atoms with van der Waals surface area (Å²) in [5.41, 5.74) is 1.82. The molecule has 2 aromatic heterocycles. The van der Waals surface area contributed by atoms with E-state index in [-0.39, 0.29) is 0 Å². The maximum atomic E-state index is 10.4. The summed E-state index contributed by atoms with van der Waals surface area (Å²) in [6, 6.07) is 3.76. The maximum absolute atomic E-state index is 10.4. The average molecular weight is 246 g/mol. The zero-order valence-electron chi connectivity index (χ0n) is 9.12. The topological polar surface area (TPSA) is 63.1 Å². The third-order valence-electron chi connectivity index (χ3n) is 2.14. The number of rotatable bonds is 3. The van der Waals surface area contributed by atoms with Crippen LogP contribution in [0.5, 0.6) is 0 Å². The largest absolute Gasteiger partial charge is 0.478 e. The van der Waals surface area contributed by atoms with Gasteiger partial charge < -0.3 is 5.11 Å². The van der Waals surface area contributed by atoms with Crippen molar-refractivity contribution < 1.29 is 9.90 Å². The molecule has 0 aliphatic carbocycles. The minimum Gasteiger partial charge on any atom is -0.478 e. The summed E-state index contributed by atoms with van der Waals surface area (Å²) >= 11 is 1.47. The van der Waals surface area contributed by atoms with Crippen molar-refractivity contribution in [3.63, 3.8) is 0 Å². The highest BCUT2D eigenvalue weighted by atomic mass is 32.1. The number of carboxylic acids is 1. The summed E-state index contributed by atoms with van der Waals surface area (Å²) < 4.78 is 0. The predicted octanol–water partition coefficient (Wildman–Crippen LogP) is 2.61. The van der Waals surface area contributed by atoms with E-state index in [9.17, 15) is 4.79 Å². The Kier molecular flexibility index (Phi) is 3.30. The van der Waals surface area contributed by atoms with E-state index in [0.29, 0.717) is 0 Å². The van der Waals surface area contributed by atoms with Gasteiger partial charge >= 0.3 is 5.97 Å². The lowest BCUT2D eigenvalue weighted by atomic mass is 10.3. The second-order valence-electron chi connectivity index (χ2n) is 3.38. The van der Waals surface area contributed by atoms with Crippen LogP contribution in [0.3, 0.4) is 0 Å². The lowest BCUT2D eigenvalue weighted by molar-refractivity contribution is -0.131. The van der Waals surface area contributed by atoms with Crippen molar-refractivity contribution in [1.29, 1.82) is 0 Å². The molecule has 0 aliphatic rings. The molecule has 2 aromatic rings. The monoisotopic (exact) mass is 246 g/mol. The molecule has 0 fully saturated rings. The lowest BCUT2D eigenvalue weighted by Crippen LogP contribution is -1.85. The van der Waals surface area contributed by atoms with Crippen LogP contribution < -0.4 is 0 Å². The number of carbonyl (C=O) groups is 1. The molecule has 0 bridgehead atoms. The van der Waals surface area contributed by atoms with E-state index in [0.717, 1.165) is 27.2 Å². The first-order chi connectivity index (χ1) is 8.16. The molecule has 4 nitrogen and oxygen atoms in total. The number of hydrogen-bond acceptors (Lipinski definition) is 4. The smallest absolute Gasteiger partial charge is 0.328 e. The Morgan fingerprint density at radius 1 is 1.41 bits per heavy atom. The molecule has 2 rings (SSSR count).